The first-order valence-corrected chi connectivity index (χ1v) is 8.56. The molecule has 0 aromatic heterocycles. The second kappa shape index (κ2) is 5.87. The molecule has 1 N–H and O–H groups in total. The summed E-state index contributed by atoms with van der Waals surface area (Å²) in [5.41, 5.74) is 1.77. The van der Waals surface area contributed by atoms with Crippen LogP contribution in [0.25, 0.3) is 0 Å². The zero-order valence-electron chi connectivity index (χ0n) is 13.2. The lowest BCUT2D eigenvalue weighted by molar-refractivity contribution is -0.138. The van der Waals surface area contributed by atoms with Gasteiger partial charge in [0.15, 0.2) is 0 Å². The van der Waals surface area contributed by atoms with Gasteiger partial charge in [-0.3, -0.25) is 9.59 Å². The molecule has 5 heteroatoms. The van der Waals surface area contributed by atoms with Crippen LogP contribution in [0.3, 0.4) is 0 Å². The second-order valence-corrected chi connectivity index (χ2v) is 6.82. The van der Waals surface area contributed by atoms with Gasteiger partial charge in [0.05, 0.1) is 6.54 Å². The standard InChI is InChI=1S/C18H22N2O3/c21-17(12-4-5-12)19-15-6-7-16-14(10-15)11-20(8-9-23-16)18(22)13-2-1-3-13/h6-7,10,12-13H,1-5,8-9,11H2,(H,19,21). The molecule has 4 rings (SSSR count). The molecule has 3 aliphatic rings. The average molecular weight is 314 g/mol. The van der Waals surface area contributed by atoms with Crippen LogP contribution in [-0.2, 0) is 16.1 Å². The average Bonchev–Trinajstić information content (AvgIpc) is 3.31. The van der Waals surface area contributed by atoms with Crippen LogP contribution in [0, 0.1) is 11.8 Å². The number of hydrogen-bond acceptors (Lipinski definition) is 3. The fraction of sp³-hybridized carbons (Fsp3) is 0.556. The summed E-state index contributed by atoms with van der Waals surface area (Å²) in [6, 6.07) is 5.72. The summed E-state index contributed by atoms with van der Waals surface area (Å²) in [4.78, 5) is 26.3. The Hall–Kier alpha value is -2.04. The summed E-state index contributed by atoms with van der Waals surface area (Å²) < 4.78 is 5.77. The molecule has 1 aliphatic heterocycles. The van der Waals surface area contributed by atoms with Gasteiger partial charge in [-0.25, -0.2) is 0 Å². The van der Waals surface area contributed by atoms with Crippen molar-refractivity contribution in [2.45, 2.75) is 38.6 Å². The number of anilines is 1. The third-order valence-corrected chi connectivity index (χ3v) is 5.02. The summed E-state index contributed by atoms with van der Waals surface area (Å²) in [6.07, 6.45) is 5.17. The van der Waals surface area contributed by atoms with Crippen molar-refractivity contribution in [3.8, 4) is 5.75 Å². The van der Waals surface area contributed by atoms with Crippen LogP contribution in [0.15, 0.2) is 18.2 Å². The predicted octanol–water partition coefficient (Wildman–Crippen LogP) is 2.56. The zero-order chi connectivity index (χ0) is 15.8. The van der Waals surface area contributed by atoms with Crippen molar-refractivity contribution < 1.29 is 14.3 Å². The quantitative estimate of drug-likeness (QED) is 0.933. The molecule has 0 unspecified atom stereocenters. The Morgan fingerprint density at radius 1 is 1.13 bits per heavy atom. The van der Waals surface area contributed by atoms with Crippen LogP contribution in [0.2, 0.25) is 0 Å². The van der Waals surface area contributed by atoms with Gasteiger partial charge >= 0.3 is 0 Å². The fourth-order valence-corrected chi connectivity index (χ4v) is 3.16. The summed E-state index contributed by atoms with van der Waals surface area (Å²) in [5, 5.41) is 2.97. The van der Waals surface area contributed by atoms with Gasteiger partial charge in [0.25, 0.3) is 0 Å². The monoisotopic (exact) mass is 314 g/mol. The van der Waals surface area contributed by atoms with E-state index >= 15 is 0 Å². The molecule has 2 aliphatic carbocycles. The lowest BCUT2D eigenvalue weighted by atomic mass is 9.84. The van der Waals surface area contributed by atoms with Crippen LogP contribution in [0.4, 0.5) is 5.69 Å². The number of fused-ring (bicyclic) bond motifs is 1. The van der Waals surface area contributed by atoms with E-state index in [0.29, 0.717) is 19.7 Å². The van der Waals surface area contributed by atoms with Gasteiger partial charge in [-0.05, 0) is 43.9 Å². The van der Waals surface area contributed by atoms with Gasteiger partial charge < -0.3 is 15.0 Å². The molecule has 5 nitrogen and oxygen atoms in total. The molecule has 122 valence electrons. The Balaban J connectivity index is 1.50. The van der Waals surface area contributed by atoms with Crippen LogP contribution >= 0.6 is 0 Å². The largest absolute Gasteiger partial charge is 0.491 e. The van der Waals surface area contributed by atoms with E-state index in [9.17, 15) is 9.59 Å². The molecular formula is C18H22N2O3. The van der Waals surface area contributed by atoms with E-state index < -0.39 is 0 Å². The molecule has 23 heavy (non-hydrogen) atoms. The number of hydrogen-bond donors (Lipinski definition) is 1. The molecule has 2 amide bonds. The van der Waals surface area contributed by atoms with Crippen LogP contribution < -0.4 is 10.1 Å². The van der Waals surface area contributed by atoms with Gasteiger partial charge in [-0.15, -0.1) is 0 Å². The maximum absolute atomic E-state index is 12.5. The van der Waals surface area contributed by atoms with E-state index in [2.05, 4.69) is 5.32 Å². The second-order valence-electron chi connectivity index (χ2n) is 6.82. The first-order chi connectivity index (χ1) is 11.2. The highest BCUT2D eigenvalue weighted by Crippen LogP contribution is 2.33. The lowest BCUT2D eigenvalue weighted by Gasteiger charge is -2.30. The van der Waals surface area contributed by atoms with Gasteiger partial charge in [0.2, 0.25) is 11.8 Å². The molecule has 2 saturated carbocycles. The Morgan fingerprint density at radius 2 is 1.96 bits per heavy atom. The van der Waals surface area contributed by atoms with Crippen LogP contribution in [0.1, 0.15) is 37.7 Å². The van der Waals surface area contributed by atoms with Crippen molar-refractivity contribution in [2.24, 2.45) is 11.8 Å². The first kappa shape index (κ1) is 14.5. The van der Waals surface area contributed by atoms with Crippen molar-refractivity contribution in [1.29, 1.82) is 0 Å². The number of nitrogens with zero attached hydrogens (tertiary/aromatic N) is 1. The zero-order valence-corrected chi connectivity index (χ0v) is 13.2. The Kier molecular flexibility index (Phi) is 3.71. The maximum Gasteiger partial charge on any atom is 0.227 e. The molecule has 0 bridgehead atoms. The Labute approximate surface area is 136 Å². The van der Waals surface area contributed by atoms with Gasteiger partial charge in [-0.1, -0.05) is 6.42 Å². The van der Waals surface area contributed by atoms with E-state index in [1.165, 1.54) is 0 Å². The van der Waals surface area contributed by atoms with E-state index in [1.807, 2.05) is 23.1 Å². The number of rotatable bonds is 3. The first-order valence-electron chi connectivity index (χ1n) is 8.56. The smallest absolute Gasteiger partial charge is 0.227 e. The highest BCUT2D eigenvalue weighted by molar-refractivity contribution is 5.94. The molecule has 0 saturated heterocycles. The topological polar surface area (TPSA) is 58.6 Å². The molecule has 2 fully saturated rings. The number of carbonyl (C=O) groups is 2. The number of carbonyl (C=O) groups excluding carboxylic acids is 2. The molecule has 1 heterocycles. The third-order valence-electron chi connectivity index (χ3n) is 5.02. The van der Waals surface area contributed by atoms with Gasteiger partial charge in [0, 0.05) is 29.6 Å². The summed E-state index contributed by atoms with van der Waals surface area (Å²) in [5.74, 6) is 1.55. The van der Waals surface area contributed by atoms with Crippen LogP contribution in [0.5, 0.6) is 5.75 Å². The molecule has 0 radical (unpaired) electrons. The van der Waals surface area contributed by atoms with E-state index in [0.717, 1.165) is 49.1 Å². The maximum atomic E-state index is 12.5. The summed E-state index contributed by atoms with van der Waals surface area (Å²) >= 11 is 0. The van der Waals surface area contributed by atoms with E-state index in [-0.39, 0.29) is 23.7 Å². The molecule has 0 atom stereocenters. The van der Waals surface area contributed by atoms with Crippen molar-refractivity contribution >= 4 is 17.5 Å². The minimum absolute atomic E-state index is 0.0990. The van der Waals surface area contributed by atoms with Gasteiger partial charge in [0.1, 0.15) is 12.4 Å². The summed E-state index contributed by atoms with van der Waals surface area (Å²) in [6.45, 7) is 1.73. The van der Waals surface area contributed by atoms with Crippen molar-refractivity contribution in [3.05, 3.63) is 23.8 Å². The SMILES string of the molecule is O=C(Nc1ccc2c(c1)CN(C(=O)C1CCC1)CCO2)C1CC1. The van der Waals surface area contributed by atoms with Crippen LogP contribution in [-0.4, -0.2) is 29.9 Å². The third kappa shape index (κ3) is 3.05. The Bertz CT molecular complexity index is 635. The minimum Gasteiger partial charge on any atom is -0.491 e. The fourth-order valence-electron chi connectivity index (χ4n) is 3.16. The number of amides is 2. The lowest BCUT2D eigenvalue weighted by Crippen LogP contribution is -2.39. The van der Waals surface area contributed by atoms with Crippen molar-refractivity contribution in [1.82, 2.24) is 4.90 Å². The minimum atomic E-state index is 0.0990. The molecule has 1 aromatic carbocycles. The van der Waals surface area contributed by atoms with Crippen molar-refractivity contribution in [3.63, 3.8) is 0 Å². The predicted molar refractivity (Wildman–Crippen MR) is 86.0 cm³/mol. The highest BCUT2D eigenvalue weighted by Gasteiger charge is 2.31. The molecule has 1 aromatic rings. The number of benzene rings is 1. The van der Waals surface area contributed by atoms with Gasteiger partial charge in [-0.2, -0.15) is 0 Å². The summed E-state index contributed by atoms with van der Waals surface area (Å²) in [7, 11) is 0. The number of nitrogens with one attached hydrogen (secondary N) is 1. The number of ether oxygens (including phenoxy) is 1. The van der Waals surface area contributed by atoms with E-state index in [1.54, 1.807) is 0 Å². The highest BCUT2D eigenvalue weighted by atomic mass is 16.5. The normalized spacial score (nSPS) is 20.8. The molecule has 0 spiro atoms. The molecular weight excluding hydrogens is 292 g/mol. The Morgan fingerprint density at radius 3 is 2.65 bits per heavy atom. The van der Waals surface area contributed by atoms with Crippen molar-refractivity contribution in [2.75, 3.05) is 18.5 Å². The van der Waals surface area contributed by atoms with E-state index in [4.69, 9.17) is 4.74 Å².